The van der Waals surface area contributed by atoms with Crippen molar-refractivity contribution in [2.75, 3.05) is 19.6 Å². The quantitative estimate of drug-likeness (QED) is 0.822. The first-order valence-electron chi connectivity index (χ1n) is 6.59. The summed E-state index contributed by atoms with van der Waals surface area (Å²) in [6, 6.07) is 0.653. The maximum Gasteiger partial charge on any atom is 0.0967 e. The Balaban J connectivity index is 1.80. The number of piperidine rings is 1. The van der Waals surface area contributed by atoms with E-state index in [1.54, 1.807) is 4.68 Å². The molecule has 1 aromatic heterocycles. The van der Waals surface area contributed by atoms with Crippen LogP contribution in [0.3, 0.4) is 0 Å². The lowest BCUT2D eigenvalue weighted by molar-refractivity contribution is 0.182. The fourth-order valence-corrected chi connectivity index (χ4v) is 2.41. The minimum atomic E-state index is 0.653. The van der Waals surface area contributed by atoms with Crippen molar-refractivity contribution in [1.82, 2.24) is 25.2 Å². The molecule has 5 nitrogen and oxygen atoms in total. The van der Waals surface area contributed by atoms with Crippen LogP contribution in [0.25, 0.3) is 0 Å². The summed E-state index contributed by atoms with van der Waals surface area (Å²) in [5.74, 6) is 0. The highest BCUT2D eigenvalue weighted by Gasteiger charge is 2.19. The zero-order valence-corrected chi connectivity index (χ0v) is 10.9. The zero-order valence-electron chi connectivity index (χ0n) is 10.9. The predicted octanol–water partition coefficient (Wildman–Crippen LogP) is 0.779. The Morgan fingerprint density at radius 1 is 1.53 bits per heavy atom. The second kappa shape index (κ2) is 6.12. The number of rotatable bonds is 5. The minimum absolute atomic E-state index is 0.653. The van der Waals surface area contributed by atoms with Gasteiger partial charge >= 0.3 is 0 Å². The summed E-state index contributed by atoms with van der Waals surface area (Å²) < 4.78 is 1.77. The second-order valence-corrected chi connectivity index (χ2v) is 4.91. The Morgan fingerprint density at radius 2 is 2.41 bits per heavy atom. The number of nitrogens with zero attached hydrogens (tertiary/aromatic N) is 4. The molecule has 1 aliphatic heterocycles. The van der Waals surface area contributed by atoms with Crippen molar-refractivity contribution in [3.8, 4) is 0 Å². The van der Waals surface area contributed by atoms with Gasteiger partial charge in [0.1, 0.15) is 0 Å². The van der Waals surface area contributed by atoms with Crippen LogP contribution in [-0.2, 0) is 13.6 Å². The summed E-state index contributed by atoms with van der Waals surface area (Å²) in [5, 5.41) is 11.7. The van der Waals surface area contributed by atoms with Crippen LogP contribution in [0.2, 0.25) is 0 Å². The Morgan fingerprint density at radius 3 is 3.12 bits per heavy atom. The van der Waals surface area contributed by atoms with Crippen molar-refractivity contribution < 1.29 is 0 Å². The van der Waals surface area contributed by atoms with Crippen LogP contribution in [-0.4, -0.2) is 45.6 Å². The van der Waals surface area contributed by atoms with Gasteiger partial charge in [-0.2, -0.15) is 0 Å². The second-order valence-electron chi connectivity index (χ2n) is 4.91. The van der Waals surface area contributed by atoms with Gasteiger partial charge in [0.15, 0.2) is 0 Å². The lowest BCUT2D eigenvalue weighted by atomic mass is 10.1. The average Bonchev–Trinajstić information content (AvgIpc) is 2.73. The average molecular weight is 237 g/mol. The third kappa shape index (κ3) is 3.78. The molecule has 0 saturated carbocycles. The van der Waals surface area contributed by atoms with Crippen LogP contribution in [0.5, 0.6) is 0 Å². The van der Waals surface area contributed by atoms with Crippen LogP contribution in [0.4, 0.5) is 0 Å². The smallest absolute Gasteiger partial charge is 0.0967 e. The molecule has 1 aliphatic rings. The van der Waals surface area contributed by atoms with Gasteiger partial charge in [-0.25, -0.2) is 0 Å². The predicted molar refractivity (Wildman–Crippen MR) is 67.6 cm³/mol. The Hall–Kier alpha value is -0.940. The van der Waals surface area contributed by atoms with E-state index < -0.39 is 0 Å². The minimum Gasteiger partial charge on any atom is -0.313 e. The number of nitrogens with one attached hydrogen (secondary N) is 1. The molecule has 17 heavy (non-hydrogen) atoms. The molecule has 1 N–H and O–H groups in total. The maximum atomic E-state index is 4.15. The normalized spacial score (nSPS) is 21.9. The molecule has 0 amide bonds. The van der Waals surface area contributed by atoms with E-state index in [9.17, 15) is 0 Å². The SMILES string of the molecule is CCCNC1CCCN(Cc2cn(C)nn2)C1. The van der Waals surface area contributed by atoms with E-state index in [1.807, 2.05) is 13.2 Å². The molecule has 2 heterocycles. The lowest BCUT2D eigenvalue weighted by Gasteiger charge is -2.32. The maximum absolute atomic E-state index is 4.15. The van der Waals surface area contributed by atoms with Crippen LogP contribution in [0.15, 0.2) is 6.20 Å². The standard InChI is InChI=1S/C12H23N5/c1-3-6-13-11-5-4-7-17(9-11)10-12-8-16(2)15-14-12/h8,11,13H,3-7,9-10H2,1-2H3. The Kier molecular flexibility index (Phi) is 4.50. The van der Waals surface area contributed by atoms with Crippen LogP contribution in [0, 0.1) is 0 Å². The van der Waals surface area contributed by atoms with Gasteiger partial charge in [-0.05, 0) is 32.4 Å². The number of hydrogen-bond donors (Lipinski definition) is 1. The summed E-state index contributed by atoms with van der Waals surface area (Å²) in [5.41, 5.74) is 1.07. The highest BCUT2D eigenvalue weighted by Crippen LogP contribution is 2.12. The van der Waals surface area contributed by atoms with E-state index in [0.29, 0.717) is 6.04 Å². The molecule has 0 aliphatic carbocycles. The van der Waals surface area contributed by atoms with Crippen molar-refractivity contribution in [3.05, 3.63) is 11.9 Å². The van der Waals surface area contributed by atoms with Crippen molar-refractivity contribution in [3.63, 3.8) is 0 Å². The Bertz CT molecular complexity index is 335. The molecule has 96 valence electrons. The Labute approximate surface area is 103 Å². The number of aromatic nitrogens is 3. The van der Waals surface area contributed by atoms with Gasteiger partial charge in [0.2, 0.25) is 0 Å². The van der Waals surface area contributed by atoms with Gasteiger partial charge < -0.3 is 5.32 Å². The van der Waals surface area contributed by atoms with E-state index in [2.05, 4.69) is 27.5 Å². The summed E-state index contributed by atoms with van der Waals surface area (Å²) in [6.07, 6.45) is 5.79. The van der Waals surface area contributed by atoms with E-state index in [0.717, 1.165) is 25.3 Å². The summed E-state index contributed by atoms with van der Waals surface area (Å²) in [4.78, 5) is 2.47. The van der Waals surface area contributed by atoms with Crippen molar-refractivity contribution in [2.45, 2.75) is 38.8 Å². The van der Waals surface area contributed by atoms with E-state index in [4.69, 9.17) is 0 Å². The highest BCUT2D eigenvalue weighted by atomic mass is 15.4. The van der Waals surface area contributed by atoms with Gasteiger partial charge in [0, 0.05) is 32.4 Å². The van der Waals surface area contributed by atoms with Crippen molar-refractivity contribution >= 4 is 0 Å². The van der Waals surface area contributed by atoms with Gasteiger partial charge in [-0.15, -0.1) is 5.10 Å². The fourth-order valence-electron chi connectivity index (χ4n) is 2.41. The molecule has 0 aromatic carbocycles. The summed E-state index contributed by atoms with van der Waals surface area (Å²) >= 11 is 0. The largest absolute Gasteiger partial charge is 0.313 e. The highest BCUT2D eigenvalue weighted by molar-refractivity contribution is 4.93. The molecule has 1 atom stereocenters. The van der Waals surface area contributed by atoms with Crippen LogP contribution in [0.1, 0.15) is 31.9 Å². The molecule has 0 spiro atoms. The molecule has 1 aromatic rings. The molecule has 2 rings (SSSR count). The molecule has 1 unspecified atom stereocenters. The molecule has 1 fully saturated rings. The van der Waals surface area contributed by atoms with Gasteiger partial charge in [-0.3, -0.25) is 9.58 Å². The van der Waals surface area contributed by atoms with Gasteiger partial charge in [0.05, 0.1) is 5.69 Å². The number of aryl methyl sites for hydroxylation is 1. The first-order chi connectivity index (χ1) is 8.28. The molecular weight excluding hydrogens is 214 g/mol. The van der Waals surface area contributed by atoms with E-state index in [-0.39, 0.29) is 0 Å². The van der Waals surface area contributed by atoms with Gasteiger partial charge in [-0.1, -0.05) is 12.1 Å². The molecule has 0 bridgehead atoms. The van der Waals surface area contributed by atoms with Crippen LogP contribution < -0.4 is 5.32 Å². The third-order valence-electron chi connectivity index (χ3n) is 3.22. The zero-order chi connectivity index (χ0) is 12.1. The summed E-state index contributed by atoms with van der Waals surface area (Å²) in [6.45, 7) is 6.59. The van der Waals surface area contributed by atoms with Crippen LogP contribution >= 0.6 is 0 Å². The molecule has 1 saturated heterocycles. The van der Waals surface area contributed by atoms with E-state index in [1.165, 1.54) is 25.8 Å². The molecular formula is C12H23N5. The number of likely N-dealkylation sites (tertiary alicyclic amines) is 1. The fraction of sp³-hybridized carbons (Fsp3) is 0.833. The molecule has 0 radical (unpaired) electrons. The lowest BCUT2D eigenvalue weighted by Crippen LogP contribution is -2.45. The third-order valence-corrected chi connectivity index (χ3v) is 3.22. The van der Waals surface area contributed by atoms with Crippen molar-refractivity contribution in [2.24, 2.45) is 7.05 Å². The first kappa shape index (κ1) is 12.5. The topological polar surface area (TPSA) is 46.0 Å². The number of hydrogen-bond acceptors (Lipinski definition) is 4. The first-order valence-corrected chi connectivity index (χ1v) is 6.59. The summed E-state index contributed by atoms with van der Waals surface area (Å²) in [7, 11) is 1.91. The molecule has 5 heteroatoms. The van der Waals surface area contributed by atoms with Crippen molar-refractivity contribution in [1.29, 1.82) is 0 Å². The monoisotopic (exact) mass is 237 g/mol. The van der Waals surface area contributed by atoms with Gasteiger partial charge in [0.25, 0.3) is 0 Å². The van der Waals surface area contributed by atoms with E-state index >= 15 is 0 Å².